The van der Waals surface area contributed by atoms with Crippen molar-refractivity contribution in [3.05, 3.63) is 17.6 Å². The van der Waals surface area contributed by atoms with Gasteiger partial charge in [-0.15, -0.1) is 0 Å². The third kappa shape index (κ3) is 2.57. The molecule has 0 fully saturated rings. The number of aromatic nitrogens is 4. The summed E-state index contributed by atoms with van der Waals surface area (Å²) in [6.07, 6.45) is 4.77. The fraction of sp³-hybridized carbons (Fsp3) is 0.538. The lowest BCUT2D eigenvalue weighted by Gasteiger charge is -2.06. The number of nitrogens with two attached hydrogens (primary N) is 1. The molecule has 6 heteroatoms. The molecular formula is C13H22N6. The number of anilines is 3. The monoisotopic (exact) mass is 262 g/mol. The van der Waals surface area contributed by atoms with Crippen molar-refractivity contribution in [2.75, 3.05) is 11.1 Å². The van der Waals surface area contributed by atoms with Crippen LogP contribution in [0.5, 0.6) is 0 Å². The summed E-state index contributed by atoms with van der Waals surface area (Å²) in [4.78, 5) is 0. The van der Waals surface area contributed by atoms with E-state index in [2.05, 4.69) is 29.4 Å². The van der Waals surface area contributed by atoms with Gasteiger partial charge in [0.25, 0.3) is 0 Å². The highest BCUT2D eigenvalue weighted by molar-refractivity contribution is 5.72. The van der Waals surface area contributed by atoms with E-state index >= 15 is 0 Å². The first-order valence-corrected chi connectivity index (χ1v) is 6.67. The van der Waals surface area contributed by atoms with Crippen LogP contribution in [-0.4, -0.2) is 19.6 Å². The summed E-state index contributed by atoms with van der Waals surface area (Å²) in [7, 11) is 3.82. The number of aryl methyl sites for hydroxylation is 4. The molecule has 0 radical (unpaired) electrons. The third-order valence-electron chi connectivity index (χ3n) is 3.14. The third-order valence-corrected chi connectivity index (χ3v) is 3.14. The van der Waals surface area contributed by atoms with Crippen LogP contribution in [0.3, 0.4) is 0 Å². The van der Waals surface area contributed by atoms with Crippen molar-refractivity contribution in [2.24, 2.45) is 14.1 Å². The van der Waals surface area contributed by atoms with Gasteiger partial charge in [-0.2, -0.15) is 10.2 Å². The van der Waals surface area contributed by atoms with Gasteiger partial charge in [0.05, 0.1) is 22.8 Å². The molecule has 2 aromatic heterocycles. The molecule has 0 bridgehead atoms. The molecule has 0 saturated carbocycles. The number of nitrogens with zero attached hydrogens (tertiary/aromatic N) is 4. The summed E-state index contributed by atoms with van der Waals surface area (Å²) in [5, 5.41) is 12.2. The first-order chi connectivity index (χ1) is 9.06. The smallest absolute Gasteiger partial charge is 0.152 e. The second-order valence-electron chi connectivity index (χ2n) is 4.72. The van der Waals surface area contributed by atoms with Gasteiger partial charge in [-0.1, -0.05) is 20.3 Å². The molecule has 3 N–H and O–H groups in total. The second-order valence-corrected chi connectivity index (χ2v) is 4.72. The molecule has 0 atom stereocenters. The van der Waals surface area contributed by atoms with Crippen LogP contribution in [0.2, 0.25) is 0 Å². The molecule has 0 amide bonds. The topological polar surface area (TPSA) is 73.7 Å². The van der Waals surface area contributed by atoms with Crippen molar-refractivity contribution in [3.63, 3.8) is 0 Å². The highest BCUT2D eigenvalue weighted by Crippen LogP contribution is 2.27. The average molecular weight is 262 g/mol. The highest BCUT2D eigenvalue weighted by atomic mass is 15.3. The van der Waals surface area contributed by atoms with E-state index in [0.717, 1.165) is 47.8 Å². The van der Waals surface area contributed by atoms with E-state index in [1.54, 1.807) is 9.36 Å². The molecular weight excluding hydrogens is 240 g/mol. The molecule has 0 saturated heterocycles. The molecule has 2 rings (SSSR count). The number of hydrogen-bond acceptors (Lipinski definition) is 4. The van der Waals surface area contributed by atoms with E-state index < -0.39 is 0 Å². The maximum Gasteiger partial charge on any atom is 0.152 e. The van der Waals surface area contributed by atoms with Crippen LogP contribution >= 0.6 is 0 Å². The van der Waals surface area contributed by atoms with E-state index in [9.17, 15) is 0 Å². The zero-order valence-electron chi connectivity index (χ0n) is 12.1. The van der Waals surface area contributed by atoms with E-state index in [1.807, 2.05) is 20.3 Å². The van der Waals surface area contributed by atoms with Crippen LogP contribution in [0.4, 0.5) is 17.2 Å². The highest BCUT2D eigenvalue weighted by Gasteiger charge is 2.15. The molecule has 6 nitrogen and oxygen atoms in total. The molecule has 0 aliphatic rings. The van der Waals surface area contributed by atoms with Crippen LogP contribution in [0.1, 0.15) is 31.7 Å². The molecule has 0 aliphatic heterocycles. The number of nitrogens with one attached hydrogen (secondary N) is 1. The zero-order valence-corrected chi connectivity index (χ0v) is 12.1. The molecule has 2 aromatic rings. The Kier molecular flexibility index (Phi) is 3.78. The Hall–Kier alpha value is -1.98. The summed E-state index contributed by atoms with van der Waals surface area (Å²) < 4.78 is 3.60. The van der Waals surface area contributed by atoms with Gasteiger partial charge in [0.2, 0.25) is 0 Å². The largest absolute Gasteiger partial charge is 0.394 e. The first kappa shape index (κ1) is 13.5. The number of nitrogen functional groups attached to an aromatic ring is 1. The van der Waals surface area contributed by atoms with Gasteiger partial charge in [0.1, 0.15) is 0 Å². The van der Waals surface area contributed by atoms with Crippen LogP contribution in [0, 0.1) is 0 Å². The van der Waals surface area contributed by atoms with Crippen molar-refractivity contribution in [1.29, 1.82) is 0 Å². The van der Waals surface area contributed by atoms with Crippen LogP contribution < -0.4 is 11.1 Å². The van der Waals surface area contributed by atoms with Gasteiger partial charge in [0, 0.05) is 20.3 Å². The second kappa shape index (κ2) is 5.34. The Bertz CT molecular complexity index is 566. The van der Waals surface area contributed by atoms with Gasteiger partial charge in [-0.25, -0.2) is 0 Å². The van der Waals surface area contributed by atoms with Crippen LogP contribution in [0.25, 0.3) is 0 Å². The summed E-state index contributed by atoms with van der Waals surface area (Å²) in [5.74, 6) is 0.839. The minimum atomic E-state index is 0.732. The standard InChI is InChI=1S/C13H22N6/c1-5-7-10-12(14)13(19(4)17-10)15-11-8-18(3)16-9(11)6-2/h8,15H,5-7,14H2,1-4H3. The first-order valence-electron chi connectivity index (χ1n) is 6.67. The Morgan fingerprint density at radius 1 is 1.21 bits per heavy atom. The summed E-state index contributed by atoms with van der Waals surface area (Å²) >= 11 is 0. The maximum atomic E-state index is 6.16. The summed E-state index contributed by atoms with van der Waals surface area (Å²) in [6.45, 7) is 4.21. The Balaban J connectivity index is 2.32. The van der Waals surface area contributed by atoms with Crippen molar-refractivity contribution < 1.29 is 0 Å². The Morgan fingerprint density at radius 2 is 1.95 bits per heavy atom. The van der Waals surface area contributed by atoms with Crippen LogP contribution in [-0.2, 0) is 26.9 Å². The summed E-state index contributed by atoms with van der Waals surface area (Å²) in [6, 6.07) is 0. The summed E-state index contributed by atoms with van der Waals surface area (Å²) in [5.41, 5.74) is 9.86. The van der Waals surface area contributed by atoms with Crippen LogP contribution in [0.15, 0.2) is 6.20 Å². The molecule has 104 valence electrons. The fourth-order valence-corrected chi connectivity index (χ4v) is 2.19. The Morgan fingerprint density at radius 3 is 2.58 bits per heavy atom. The molecule has 19 heavy (non-hydrogen) atoms. The predicted octanol–water partition coefficient (Wildman–Crippen LogP) is 1.99. The van der Waals surface area contributed by atoms with Gasteiger partial charge in [-0.05, 0) is 12.8 Å². The maximum absolute atomic E-state index is 6.16. The van der Waals surface area contributed by atoms with E-state index in [1.165, 1.54) is 0 Å². The molecule has 0 unspecified atom stereocenters. The number of hydrogen-bond donors (Lipinski definition) is 2. The quantitative estimate of drug-likeness (QED) is 0.864. The van der Waals surface area contributed by atoms with Gasteiger partial charge < -0.3 is 11.1 Å². The molecule has 0 aliphatic carbocycles. The van der Waals surface area contributed by atoms with E-state index in [-0.39, 0.29) is 0 Å². The van der Waals surface area contributed by atoms with Gasteiger partial charge in [0.15, 0.2) is 5.82 Å². The number of rotatable bonds is 5. The molecule has 0 spiro atoms. The van der Waals surface area contributed by atoms with E-state index in [4.69, 9.17) is 5.73 Å². The minimum absolute atomic E-state index is 0.732. The van der Waals surface area contributed by atoms with Crippen molar-refractivity contribution in [3.8, 4) is 0 Å². The van der Waals surface area contributed by atoms with Crippen molar-refractivity contribution in [1.82, 2.24) is 19.6 Å². The van der Waals surface area contributed by atoms with Crippen molar-refractivity contribution in [2.45, 2.75) is 33.1 Å². The van der Waals surface area contributed by atoms with Gasteiger partial charge in [-0.3, -0.25) is 9.36 Å². The normalized spacial score (nSPS) is 10.9. The Labute approximate surface area is 113 Å². The lowest BCUT2D eigenvalue weighted by Crippen LogP contribution is -2.02. The van der Waals surface area contributed by atoms with E-state index in [0.29, 0.717) is 0 Å². The zero-order chi connectivity index (χ0) is 14.0. The molecule has 2 heterocycles. The van der Waals surface area contributed by atoms with Crippen molar-refractivity contribution >= 4 is 17.2 Å². The minimum Gasteiger partial charge on any atom is -0.394 e. The lowest BCUT2D eigenvalue weighted by atomic mass is 10.2. The average Bonchev–Trinajstić information content (AvgIpc) is 2.85. The van der Waals surface area contributed by atoms with Gasteiger partial charge >= 0.3 is 0 Å². The SMILES string of the molecule is CCCc1nn(C)c(Nc2cn(C)nc2CC)c1N. The predicted molar refractivity (Wildman–Crippen MR) is 77.5 cm³/mol. The fourth-order valence-electron chi connectivity index (χ4n) is 2.19. The molecule has 0 aromatic carbocycles. The lowest BCUT2D eigenvalue weighted by molar-refractivity contribution is 0.739.